The van der Waals surface area contributed by atoms with Crippen LogP contribution in [-0.4, -0.2) is 28.4 Å². The predicted molar refractivity (Wildman–Crippen MR) is 115 cm³/mol. The summed E-state index contributed by atoms with van der Waals surface area (Å²) in [4.78, 5) is 12.9. The van der Waals surface area contributed by atoms with Crippen LogP contribution in [0.3, 0.4) is 0 Å². The zero-order valence-electron chi connectivity index (χ0n) is 17.3. The smallest absolute Gasteiger partial charge is 0.228 e. The Morgan fingerprint density at radius 1 is 1.23 bits per heavy atom. The molecule has 2 atom stereocenters. The number of aryl methyl sites for hydroxylation is 1. The monoisotopic (exact) mass is 443 g/mol. The summed E-state index contributed by atoms with van der Waals surface area (Å²) in [5.74, 6) is -2.04. The van der Waals surface area contributed by atoms with Crippen molar-refractivity contribution in [1.29, 1.82) is 0 Å². The van der Waals surface area contributed by atoms with Gasteiger partial charge in [0.2, 0.25) is 5.91 Å². The topological polar surface area (TPSA) is 70.1 Å². The number of rotatable bonds is 5. The number of aromatic nitrogens is 2. The number of halogens is 2. The van der Waals surface area contributed by atoms with E-state index in [0.29, 0.717) is 11.5 Å². The predicted octanol–water partition coefficient (Wildman–Crippen LogP) is 4.44. The summed E-state index contributed by atoms with van der Waals surface area (Å²) in [5, 5.41) is 4.15. The fourth-order valence-electron chi connectivity index (χ4n) is 4.15. The standard InChI is InChI=1S/C23H23F2N3O2S/c1-14-13-23(22(26)29,10-12-30-14)17-7-8-18(24)21(20(17)25)31-16-5-3-15(4-6-16)19-9-11-27-28(19)2/h3-9,11,14H,10,12-13H2,1-2H3,(H2,26,29)/t14-,23+/m0/s1. The number of nitrogens with two attached hydrogens (primary N) is 1. The first kappa shape index (κ1) is 21.5. The Balaban J connectivity index is 1.68. The lowest BCUT2D eigenvalue weighted by molar-refractivity contribution is -0.129. The molecule has 31 heavy (non-hydrogen) atoms. The van der Waals surface area contributed by atoms with Crippen LogP contribution >= 0.6 is 11.8 Å². The number of hydrogen-bond acceptors (Lipinski definition) is 4. The van der Waals surface area contributed by atoms with E-state index in [-0.39, 0.29) is 29.4 Å². The Morgan fingerprint density at radius 2 is 1.97 bits per heavy atom. The number of ether oxygens (including phenoxy) is 1. The van der Waals surface area contributed by atoms with Crippen molar-refractivity contribution in [1.82, 2.24) is 9.78 Å². The highest BCUT2D eigenvalue weighted by molar-refractivity contribution is 7.99. The lowest BCUT2D eigenvalue weighted by Gasteiger charge is -2.38. The van der Waals surface area contributed by atoms with Gasteiger partial charge in [0.15, 0.2) is 0 Å². The molecule has 0 aliphatic carbocycles. The maximum atomic E-state index is 15.6. The van der Waals surface area contributed by atoms with Crippen LogP contribution in [0.25, 0.3) is 11.3 Å². The molecular formula is C23H23F2N3O2S. The van der Waals surface area contributed by atoms with E-state index in [0.717, 1.165) is 23.0 Å². The molecule has 162 valence electrons. The number of hydrogen-bond donors (Lipinski definition) is 1. The van der Waals surface area contributed by atoms with E-state index in [1.807, 2.05) is 32.2 Å². The summed E-state index contributed by atoms with van der Waals surface area (Å²) < 4.78 is 37.5. The van der Waals surface area contributed by atoms with Gasteiger partial charge in [0, 0.05) is 30.3 Å². The average molecular weight is 444 g/mol. The molecular weight excluding hydrogens is 420 g/mol. The van der Waals surface area contributed by atoms with Gasteiger partial charge < -0.3 is 10.5 Å². The Bertz CT molecular complexity index is 1120. The van der Waals surface area contributed by atoms with E-state index in [1.54, 1.807) is 23.0 Å². The summed E-state index contributed by atoms with van der Waals surface area (Å²) in [5.41, 5.74) is 6.51. The molecule has 0 bridgehead atoms. The average Bonchev–Trinajstić information content (AvgIpc) is 3.17. The van der Waals surface area contributed by atoms with Crippen molar-refractivity contribution in [2.75, 3.05) is 6.61 Å². The molecule has 1 aliphatic heterocycles. The first-order valence-electron chi connectivity index (χ1n) is 9.98. The normalized spacial score (nSPS) is 21.2. The van der Waals surface area contributed by atoms with E-state index in [4.69, 9.17) is 10.5 Å². The number of carbonyl (C=O) groups excluding carboxylic acids is 1. The van der Waals surface area contributed by atoms with Crippen LogP contribution in [0.5, 0.6) is 0 Å². The van der Waals surface area contributed by atoms with Gasteiger partial charge in [0.25, 0.3) is 0 Å². The van der Waals surface area contributed by atoms with Crippen LogP contribution in [-0.2, 0) is 22.0 Å². The molecule has 0 saturated carbocycles. The largest absolute Gasteiger partial charge is 0.378 e. The first-order chi connectivity index (χ1) is 14.8. The fraction of sp³-hybridized carbons (Fsp3) is 0.304. The molecule has 1 amide bonds. The van der Waals surface area contributed by atoms with E-state index >= 15 is 4.39 Å². The van der Waals surface area contributed by atoms with Crippen molar-refractivity contribution in [2.24, 2.45) is 12.8 Å². The van der Waals surface area contributed by atoms with E-state index in [1.165, 1.54) is 12.1 Å². The van der Waals surface area contributed by atoms with Crippen LogP contribution in [0.4, 0.5) is 8.78 Å². The van der Waals surface area contributed by atoms with Crippen LogP contribution in [0.2, 0.25) is 0 Å². The molecule has 3 aromatic rings. The highest BCUT2D eigenvalue weighted by Crippen LogP contribution is 2.42. The quantitative estimate of drug-likeness (QED) is 0.633. The summed E-state index contributed by atoms with van der Waals surface area (Å²) >= 11 is 0.985. The van der Waals surface area contributed by atoms with Crippen molar-refractivity contribution in [3.05, 3.63) is 65.9 Å². The Kier molecular flexibility index (Phi) is 5.85. The number of carbonyl (C=O) groups is 1. The molecule has 2 aromatic carbocycles. The minimum atomic E-state index is -1.21. The second-order valence-corrected chi connectivity index (χ2v) is 8.87. The molecule has 1 aliphatic rings. The van der Waals surface area contributed by atoms with E-state index in [9.17, 15) is 9.18 Å². The van der Waals surface area contributed by atoms with E-state index < -0.39 is 23.0 Å². The molecule has 1 saturated heterocycles. The van der Waals surface area contributed by atoms with Gasteiger partial charge in [0.1, 0.15) is 11.6 Å². The molecule has 8 heteroatoms. The summed E-state index contributed by atoms with van der Waals surface area (Å²) in [6, 6.07) is 11.8. The zero-order chi connectivity index (χ0) is 22.2. The second-order valence-electron chi connectivity index (χ2n) is 7.79. The van der Waals surface area contributed by atoms with Crippen molar-refractivity contribution in [2.45, 2.75) is 41.1 Å². The Morgan fingerprint density at radius 3 is 2.58 bits per heavy atom. The molecule has 0 unspecified atom stereocenters. The van der Waals surface area contributed by atoms with Crippen molar-refractivity contribution in [3.63, 3.8) is 0 Å². The minimum absolute atomic E-state index is 0.130. The summed E-state index contributed by atoms with van der Waals surface area (Å²) in [7, 11) is 1.85. The van der Waals surface area contributed by atoms with Crippen LogP contribution in [0.1, 0.15) is 25.3 Å². The van der Waals surface area contributed by atoms with Crippen molar-refractivity contribution < 1.29 is 18.3 Å². The lowest BCUT2D eigenvalue weighted by atomic mass is 9.71. The van der Waals surface area contributed by atoms with Crippen LogP contribution in [0, 0.1) is 11.6 Å². The van der Waals surface area contributed by atoms with Gasteiger partial charge in [-0.3, -0.25) is 9.48 Å². The Labute approximate surface area is 183 Å². The third-order valence-electron chi connectivity index (χ3n) is 5.79. The first-order valence-corrected chi connectivity index (χ1v) is 10.8. The molecule has 1 aromatic heterocycles. The summed E-state index contributed by atoms with van der Waals surface area (Å²) in [6.45, 7) is 2.11. The second kappa shape index (κ2) is 8.43. The lowest BCUT2D eigenvalue weighted by Crippen LogP contribution is -2.48. The molecule has 4 rings (SSSR count). The van der Waals surface area contributed by atoms with Crippen molar-refractivity contribution >= 4 is 17.7 Å². The summed E-state index contributed by atoms with van der Waals surface area (Å²) in [6.07, 6.45) is 1.98. The van der Waals surface area contributed by atoms with Gasteiger partial charge in [-0.25, -0.2) is 8.78 Å². The third-order valence-corrected chi connectivity index (χ3v) is 6.88. The highest BCUT2D eigenvalue weighted by Gasteiger charge is 2.45. The minimum Gasteiger partial charge on any atom is -0.378 e. The van der Waals surface area contributed by atoms with Gasteiger partial charge in [-0.1, -0.05) is 30.0 Å². The maximum Gasteiger partial charge on any atom is 0.228 e. The Hall–Kier alpha value is -2.71. The molecule has 1 fully saturated rings. The zero-order valence-corrected chi connectivity index (χ0v) is 18.1. The molecule has 2 N–H and O–H groups in total. The third kappa shape index (κ3) is 3.97. The van der Waals surface area contributed by atoms with Gasteiger partial charge in [-0.05, 0) is 49.6 Å². The fourth-order valence-corrected chi connectivity index (χ4v) is 5.02. The number of amides is 1. The van der Waals surface area contributed by atoms with Crippen molar-refractivity contribution in [3.8, 4) is 11.3 Å². The number of benzene rings is 2. The van der Waals surface area contributed by atoms with Gasteiger partial charge in [0.05, 0.1) is 22.1 Å². The molecule has 0 radical (unpaired) electrons. The van der Waals surface area contributed by atoms with Gasteiger partial charge >= 0.3 is 0 Å². The molecule has 2 heterocycles. The maximum absolute atomic E-state index is 15.6. The highest BCUT2D eigenvalue weighted by atomic mass is 32.2. The SMILES string of the molecule is C[C@H]1C[C@@](C(N)=O)(c2ccc(F)c(Sc3ccc(-c4ccnn4C)cc3)c2F)CCO1. The molecule has 5 nitrogen and oxygen atoms in total. The molecule has 0 spiro atoms. The number of nitrogens with zero attached hydrogens (tertiary/aromatic N) is 2. The van der Waals surface area contributed by atoms with Gasteiger partial charge in [-0.15, -0.1) is 0 Å². The van der Waals surface area contributed by atoms with Gasteiger partial charge in [-0.2, -0.15) is 5.10 Å². The van der Waals surface area contributed by atoms with Crippen LogP contribution in [0.15, 0.2) is 58.5 Å². The number of primary amides is 1. The van der Waals surface area contributed by atoms with Crippen LogP contribution < -0.4 is 5.73 Å². The van der Waals surface area contributed by atoms with E-state index in [2.05, 4.69) is 5.10 Å².